The van der Waals surface area contributed by atoms with Gasteiger partial charge in [-0.1, -0.05) is 31.3 Å². The summed E-state index contributed by atoms with van der Waals surface area (Å²) in [5.74, 6) is 0. The summed E-state index contributed by atoms with van der Waals surface area (Å²) >= 11 is 7.15. The Kier molecular flexibility index (Phi) is 4.99. The Morgan fingerprint density at radius 1 is 1.62 bits per heavy atom. The lowest BCUT2D eigenvalue weighted by molar-refractivity contribution is 0.640. The Morgan fingerprint density at radius 3 is 3.05 bits per heavy atom. The largest absolute Gasteiger partial charge is 0.332 e. The standard InChI is InChI=1S/C15H16N4S2/c1-10(2)17-15-19(9-11(3)21-15)14(20)18-13-6-4-5-12(7-13)8-16/h4-7,11H,1,9H2,2-3H3,(H,18,20). The second-order valence-corrected chi connectivity index (χ2v) is 6.58. The molecule has 1 aromatic carbocycles. The number of benzene rings is 1. The van der Waals surface area contributed by atoms with Gasteiger partial charge in [0.1, 0.15) is 0 Å². The van der Waals surface area contributed by atoms with E-state index in [2.05, 4.69) is 29.9 Å². The van der Waals surface area contributed by atoms with E-state index in [1.807, 2.05) is 24.0 Å². The van der Waals surface area contributed by atoms with Gasteiger partial charge in [0, 0.05) is 23.2 Å². The van der Waals surface area contributed by atoms with Crippen LogP contribution in [0.2, 0.25) is 0 Å². The van der Waals surface area contributed by atoms with Crippen molar-refractivity contribution in [2.24, 2.45) is 4.99 Å². The Labute approximate surface area is 134 Å². The maximum absolute atomic E-state index is 8.93. The third-order valence-corrected chi connectivity index (χ3v) is 4.15. The van der Waals surface area contributed by atoms with Gasteiger partial charge in [-0.25, -0.2) is 4.99 Å². The Bertz CT molecular complexity index is 645. The molecule has 108 valence electrons. The molecule has 0 amide bonds. The van der Waals surface area contributed by atoms with Crippen molar-refractivity contribution in [2.45, 2.75) is 19.1 Å². The first kappa shape index (κ1) is 15.5. The third-order valence-electron chi connectivity index (χ3n) is 2.75. The number of nitrogens with zero attached hydrogens (tertiary/aromatic N) is 3. The summed E-state index contributed by atoms with van der Waals surface area (Å²) in [6.07, 6.45) is 0. The van der Waals surface area contributed by atoms with Gasteiger partial charge in [0.2, 0.25) is 0 Å². The molecule has 4 nitrogen and oxygen atoms in total. The minimum atomic E-state index is 0.424. The summed E-state index contributed by atoms with van der Waals surface area (Å²) < 4.78 is 0. The van der Waals surface area contributed by atoms with Gasteiger partial charge in [0.05, 0.1) is 11.6 Å². The average Bonchev–Trinajstić information content (AvgIpc) is 2.79. The number of allylic oxidation sites excluding steroid dienone is 1. The number of amidine groups is 1. The summed E-state index contributed by atoms with van der Waals surface area (Å²) in [4.78, 5) is 6.41. The minimum Gasteiger partial charge on any atom is -0.332 e. The fourth-order valence-electron chi connectivity index (χ4n) is 1.89. The fourth-order valence-corrected chi connectivity index (χ4v) is 3.31. The summed E-state index contributed by atoms with van der Waals surface area (Å²) in [5.41, 5.74) is 2.16. The maximum atomic E-state index is 8.93. The van der Waals surface area contributed by atoms with Crippen LogP contribution in [0.4, 0.5) is 5.69 Å². The van der Waals surface area contributed by atoms with Crippen molar-refractivity contribution in [1.82, 2.24) is 4.90 Å². The van der Waals surface area contributed by atoms with E-state index in [1.165, 1.54) is 0 Å². The molecule has 21 heavy (non-hydrogen) atoms. The number of nitrogens with one attached hydrogen (secondary N) is 1. The number of nitriles is 1. The van der Waals surface area contributed by atoms with Crippen molar-refractivity contribution in [3.05, 3.63) is 42.1 Å². The number of aliphatic imine (C=N–C) groups is 1. The van der Waals surface area contributed by atoms with Gasteiger partial charge in [-0.2, -0.15) is 5.26 Å². The number of anilines is 1. The van der Waals surface area contributed by atoms with E-state index in [9.17, 15) is 0 Å². The quantitative estimate of drug-likeness (QED) is 0.845. The smallest absolute Gasteiger partial charge is 0.179 e. The molecule has 1 aromatic rings. The minimum absolute atomic E-state index is 0.424. The maximum Gasteiger partial charge on any atom is 0.179 e. The van der Waals surface area contributed by atoms with Crippen LogP contribution in [0.3, 0.4) is 0 Å². The zero-order valence-electron chi connectivity index (χ0n) is 12.0. The van der Waals surface area contributed by atoms with Crippen molar-refractivity contribution >= 4 is 39.9 Å². The molecule has 0 bridgehead atoms. The molecule has 0 aromatic heterocycles. The average molecular weight is 316 g/mol. The van der Waals surface area contributed by atoms with Crippen molar-refractivity contribution in [1.29, 1.82) is 5.26 Å². The van der Waals surface area contributed by atoms with Gasteiger partial charge in [0.25, 0.3) is 0 Å². The van der Waals surface area contributed by atoms with Crippen molar-refractivity contribution in [3.63, 3.8) is 0 Å². The van der Waals surface area contributed by atoms with Gasteiger partial charge in [-0.15, -0.1) is 0 Å². The van der Waals surface area contributed by atoms with E-state index < -0.39 is 0 Å². The van der Waals surface area contributed by atoms with Crippen molar-refractivity contribution in [3.8, 4) is 6.07 Å². The molecule has 6 heteroatoms. The summed E-state index contributed by atoms with van der Waals surface area (Å²) in [6.45, 7) is 8.62. The Morgan fingerprint density at radius 2 is 2.38 bits per heavy atom. The molecule has 0 saturated carbocycles. The molecular formula is C15H16N4S2. The molecule has 1 atom stereocenters. The molecule has 0 aliphatic carbocycles. The van der Waals surface area contributed by atoms with Crippen LogP contribution < -0.4 is 5.32 Å². The normalized spacial score (nSPS) is 19.4. The van der Waals surface area contributed by atoms with Gasteiger partial charge < -0.3 is 5.32 Å². The first-order valence-electron chi connectivity index (χ1n) is 6.49. The summed E-state index contributed by atoms with van der Waals surface area (Å²) in [6, 6.07) is 9.36. The van der Waals surface area contributed by atoms with E-state index in [4.69, 9.17) is 17.5 Å². The molecular weight excluding hydrogens is 300 g/mol. The highest BCUT2D eigenvalue weighted by Crippen LogP contribution is 2.27. The van der Waals surface area contributed by atoms with E-state index in [0.29, 0.717) is 15.9 Å². The molecule has 1 aliphatic heterocycles. The van der Waals surface area contributed by atoms with Crippen LogP contribution in [0.5, 0.6) is 0 Å². The highest BCUT2D eigenvalue weighted by Gasteiger charge is 2.28. The lowest BCUT2D eigenvalue weighted by Crippen LogP contribution is -2.36. The van der Waals surface area contributed by atoms with Gasteiger partial charge in [-0.3, -0.25) is 4.90 Å². The highest BCUT2D eigenvalue weighted by atomic mass is 32.2. The monoisotopic (exact) mass is 316 g/mol. The van der Waals surface area contributed by atoms with Gasteiger partial charge in [0.15, 0.2) is 10.3 Å². The molecule has 1 N–H and O–H groups in total. The van der Waals surface area contributed by atoms with E-state index in [1.54, 1.807) is 23.9 Å². The molecule has 0 spiro atoms. The first-order valence-corrected chi connectivity index (χ1v) is 7.78. The second kappa shape index (κ2) is 6.74. The predicted molar refractivity (Wildman–Crippen MR) is 93.4 cm³/mol. The molecule has 1 fully saturated rings. The van der Waals surface area contributed by atoms with E-state index in [-0.39, 0.29) is 0 Å². The molecule has 1 saturated heterocycles. The van der Waals surface area contributed by atoms with Crippen LogP contribution in [0.25, 0.3) is 0 Å². The van der Waals surface area contributed by atoms with E-state index in [0.717, 1.165) is 23.1 Å². The zero-order valence-corrected chi connectivity index (χ0v) is 13.6. The number of thiocarbonyl (C=S) groups is 1. The number of hydrogen-bond donors (Lipinski definition) is 1. The van der Waals surface area contributed by atoms with Gasteiger partial charge >= 0.3 is 0 Å². The number of rotatable bonds is 2. The lowest BCUT2D eigenvalue weighted by Gasteiger charge is -2.20. The Balaban J connectivity index is 2.15. The number of hydrogen-bond acceptors (Lipinski definition) is 4. The molecule has 2 rings (SSSR count). The Hall–Kier alpha value is -1.84. The van der Waals surface area contributed by atoms with Crippen LogP contribution in [0.1, 0.15) is 19.4 Å². The van der Waals surface area contributed by atoms with Crippen LogP contribution in [0.15, 0.2) is 41.5 Å². The molecule has 1 unspecified atom stereocenters. The predicted octanol–water partition coefficient (Wildman–Crippen LogP) is 3.58. The van der Waals surface area contributed by atoms with Crippen LogP contribution in [0, 0.1) is 11.3 Å². The lowest BCUT2D eigenvalue weighted by atomic mass is 10.2. The van der Waals surface area contributed by atoms with Crippen LogP contribution >= 0.6 is 24.0 Å². The molecule has 0 radical (unpaired) electrons. The second-order valence-electron chi connectivity index (χ2n) is 4.79. The topological polar surface area (TPSA) is 51.4 Å². The zero-order chi connectivity index (χ0) is 15.4. The van der Waals surface area contributed by atoms with E-state index >= 15 is 0 Å². The van der Waals surface area contributed by atoms with Crippen molar-refractivity contribution in [2.75, 3.05) is 11.9 Å². The first-order chi connectivity index (χ1) is 9.99. The fraction of sp³-hybridized carbons (Fsp3) is 0.267. The van der Waals surface area contributed by atoms with Crippen molar-refractivity contribution < 1.29 is 0 Å². The summed E-state index contributed by atoms with van der Waals surface area (Å²) in [7, 11) is 0. The highest BCUT2D eigenvalue weighted by molar-refractivity contribution is 8.14. The van der Waals surface area contributed by atoms with Gasteiger partial charge in [-0.05, 0) is 37.3 Å². The molecule has 1 heterocycles. The van der Waals surface area contributed by atoms with Crippen LogP contribution in [-0.2, 0) is 0 Å². The van der Waals surface area contributed by atoms with Crippen LogP contribution in [-0.4, -0.2) is 27.0 Å². The third kappa shape index (κ3) is 4.06. The number of thioether (sulfide) groups is 1. The molecule has 1 aliphatic rings. The summed E-state index contributed by atoms with van der Waals surface area (Å²) in [5, 5.41) is 14.0. The SMILES string of the molecule is C=C(C)N=C1SC(C)CN1C(=S)Nc1cccc(C#N)c1.